The van der Waals surface area contributed by atoms with Gasteiger partial charge >= 0.3 is 0 Å². The number of allylic oxidation sites excluding steroid dienone is 2. The van der Waals surface area contributed by atoms with E-state index in [1.165, 1.54) is 36.4 Å². The summed E-state index contributed by atoms with van der Waals surface area (Å²) in [6.45, 7) is 0. The van der Waals surface area contributed by atoms with Gasteiger partial charge in [-0.1, -0.05) is 54.6 Å². The zero-order valence-electron chi connectivity index (χ0n) is 21.6. The molecule has 8 rings (SSSR count). The maximum Gasteiger partial charge on any atom is 0.271 e. The Balaban J connectivity index is 1.40. The number of non-ortho nitro benzene ring substituents is 2. The van der Waals surface area contributed by atoms with E-state index in [9.17, 15) is 39.4 Å². The van der Waals surface area contributed by atoms with E-state index in [1.54, 1.807) is 42.5 Å². The molecule has 0 spiro atoms. The van der Waals surface area contributed by atoms with Crippen LogP contribution in [0.15, 0.2) is 91.0 Å². The number of nitro groups is 2. The second kappa shape index (κ2) is 8.74. The maximum atomic E-state index is 14.3. The minimum Gasteiger partial charge on any atom is -0.274 e. The smallest absolute Gasteiger partial charge is 0.271 e. The average Bonchev–Trinajstić information content (AvgIpc) is 3.44. The number of carbonyl (C=O) groups excluding carboxylic acids is 4. The molecule has 12 heteroatoms. The van der Waals surface area contributed by atoms with Crippen LogP contribution in [0.4, 0.5) is 22.7 Å². The Kier molecular flexibility index (Phi) is 5.29. The molecule has 2 bridgehead atoms. The number of hydrogen-bond acceptors (Lipinski definition) is 8. The molecule has 0 aromatic heterocycles. The van der Waals surface area contributed by atoms with Gasteiger partial charge in [-0.05, 0) is 17.7 Å². The van der Waals surface area contributed by atoms with E-state index in [-0.39, 0.29) is 22.7 Å². The molecule has 4 unspecified atom stereocenters. The largest absolute Gasteiger partial charge is 0.274 e. The van der Waals surface area contributed by atoms with Crippen LogP contribution in [-0.2, 0) is 24.6 Å². The molecule has 3 aliphatic carbocycles. The molecule has 208 valence electrons. The molecule has 2 aliphatic heterocycles. The summed E-state index contributed by atoms with van der Waals surface area (Å²) in [6, 6.07) is 19.2. The van der Waals surface area contributed by atoms with Crippen LogP contribution in [-0.4, -0.2) is 33.5 Å². The third-order valence-electron chi connectivity index (χ3n) is 9.03. The summed E-state index contributed by atoms with van der Waals surface area (Å²) in [5.74, 6) is -7.40. The number of rotatable bonds is 5. The highest BCUT2D eigenvalue weighted by molar-refractivity contribution is 6.27. The summed E-state index contributed by atoms with van der Waals surface area (Å²) < 4.78 is 0. The molecule has 2 saturated heterocycles. The Labute approximate surface area is 237 Å². The Morgan fingerprint density at radius 3 is 1.55 bits per heavy atom. The summed E-state index contributed by atoms with van der Waals surface area (Å²) in [6.07, 6.45) is 3.47. The molecular formula is C30H20N4O8. The molecule has 5 aliphatic rings. The highest BCUT2D eigenvalue weighted by Gasteiger charge is 2.75. The van der Waals surface area contributed by atoms with Gasteiger partial charge in [0, 0.05) is 35.6 Å². The Bertz CT molecular complexity index is 1680. The van der Waals surface area contributed by atoms with Gasteiger partial charge in [-0.25, -0.2) is 9.80 Å². The predicted octanol–water partition coefficient (Wildman–Crippen LogP) is 3.55. The van der Waals surface area contributed by atoms with Crippen molar-refractivity contribution in [2.45, 2.75) is 5.41 Å². The van der Waals surface area contributed by atoms with E-state index in [0.717, 1.165) is 21.9 Å². The molecular weight excluding hydrogens is 544 g/mol. The Hall–Kier alpha value is -5.52. The van der Waals surface area contributed by atoms with Gasteiger partial charge < -0.3 is 0 Å². The normalized spacial score (nSPS) is 29.2. The summed E-state index contributed by atoms with van der Waals surface area (Å²) in [7, 11) is 0. The maximum absolute atomic E-state index is 14.3. The number of nitro benzene ring substituents is 2. The van der Waals surface area contributed by atoms with Gasteiger partial charge in [0.1, 0.15) is 0 Å². The molecule has 42 heavy (non-hydrogen) atoms. The number of nitrogens with zero attached hydrogens (tertiary/aromatic N) is 4. The molecule has 4 atom stereocenters. The molecule has 3 aromatic rings. The van der Waals surface area contributed by atoms with Crippen LogP contribution in [0.3, 0.4) is 0 Å². The van der Waals surface area contributed by atoms with Crippen molar-refractivity contribution in [2.75, 3.05) is 9.80 Å². The van der Waals surface area contributed by atoms with Crippen molar-refractivity contribution in [3.8, 4) is 0 Å². The van der Waals surface area contributed by atoms with Gasteiger partial charge in [0.2, 0.25) is 23.6 Å². The van der Waals surface area contributed by atoms with Gasteiger partial charge in [0.25, 0.3) is 11.4 Å². The molecule has 12 nitrogen and oxygen atoms in total. The summed E-state index contributed by atoms with van der Waals surface area (Å²) in [5, 5.41) is 22.9. The van der Waals surface area contributed by atoms with E-state index in [1.807, 2.05) is 0 Å². The molecule has 2 heterocycles. The molecule has 0 N–H and O–H groups in total. The molecule has 3 aromatic carbocycles. The number of hydrogen-bond donors (Lipinski definition) is 0. The van der Waals surface area contributed by atoms with E-state index in [0.29, 0.717) is 5.56 Å². The quantitative estimate of drug-likeness (QED) is 0.197. The Morgan fingerprint density at radius 2 is 1.10 bits per heavy atom. The van der Waals surface area contributed by atoms with Gasteiger partial charge in [0.05, 0.1) is 44.9 Å². The lowest BCUT2D eigenvalue weighted by Crippen LogP contribution is -2.60. The van der Waals surface area contributed by atoms with Gasteiger partial charge in [-0.3, -0.25) is 39.4 Å². The number of anilines is 2. The summed E-state index contributed by atoms with van der Waals surface area (Å²) in [4.78, 5) is 80.1. The molecule has 4 amide bonds. The van der Waals surface area contributed by atoms with Crippen molar-refractivity contribution in [1.29, 1.82) is 0 Å². The van der Waals surface area contributed by atoms with Crippen molar-refractivity contribution in [1.82, 2.24) is 0 Å². The number of carbonyl (C=O) groups is 4. The monoisotopic (exact) mass is 564 g/mol. The summed E-state index contributed by atoms with van der Waals surface area (Å²) in [5.41, 5.74) is -1.34. The fourth-order valence-electron chi connectivity index (χ4n) is 7.48. The molecule has 0 radical (unpaired) electrons. The Morgan fingerprint density at radius 1 is 0.619 bits per heavy atom. The van der Waals surface area contributed by atoms with E-state index < -0.39 is 68.5 Å². The van der Waals surface area contributed by atoms with Gasteiger partial charge in [-0.2, -0.15) is 0 Å². The second-order valence-electron chi connectivity index (χ2n) is 10.8. The lowest BCUT2D eigenvalue weighted by molar-refractivity contribution is -0.385. The first-order valence-corrected chi connectivity index (χ1v) is 13.2. The van der Waals surface area contributed by atoms with Crippen molar-refractivity contribution < 1.29 is 29.0 Å². The van der Waals surface area contributed by atoms with E-state index >= 15 is 0 Å². The lowest BCUT2D eigenvalue weighted by atomic mass is 9.45. The van der Waals surface area contributed by atoms with Crippen molar-refractivity contribution in [3.05, 3.63) is 117 Å². The zero-order valence-corrected chi connectivity index (χ0v) is 21.6. The van der Waals surface area contributed by atoms with Crippen molar-refractivity contribution >= 4 is 46.4 Å². The van der Waals surface area contributed by atoms with Crippen LogP contribution in [0.2, 0.25) is 0 Å². The predicted molar refractivity (Wildman–Crippen MR) is 146 cm³/mol. The van der Waals surface area contributed by atoms with Crippen LogP contribution in [0.1, 0.15) is 5.56 Å². The third-order valence-corrected chi connectivity index (χ3v) is 9.03. The molecule has 1 saturated carbocycles. The first kappa shape index (κ1) is 25.4. The van der Waals surface area contributed by atoms with Crippen molar-refractivity contribution in [3.63, 3.8) is 0 Å². The van der Waals surface area contributed by atoms with Gasteiger partial charge in [-0.15, -0.1) is 0 Å². The van der Waals surface area contributed by atoms with E-state index in [2.05, 4.69) is 0 Å². The minimum absolute atomic E-state index is 0.0391. The SMILES string of the molecule is O=C1C2C3C=CC(c4ccccc4)(C2C(=O)N1c1cccc([N+](=O)[O-])c1)C1C(=O)N(c2cccc([N+](=O)[O-])c2)C(=O)C31. The van der Waals surface area contributed by atoms with Crippen LogP contribution >= 0.6 is 0 Å². The van der Waals surface area contributed by atoms with Crippen LogP contribution in [0, 0.1) is 49.8 Å². The summed E-state index contributed by atoms with van der Waals surface area (Å²) >= 11 is 0. The average molecular weight is 565 g/mol. The lowest BCUT2D eigenvalue weighted by Gasteiger charge is -2.53. The number of amides is 4. The number of imide groups is 2. The fourth-order valence-corrected chi connectivity index (χ4v) is 7.48. The third kappa shape index (κ3) is 3.17. The van der Waals surface area contributed by atoms with Crippen LogP contribution in [0.5, 0.6) is 0 Å². The van der Waals surface area contributed by atoms with Crippen LogP contribution in [0.25, 0.3) is 0 Å². The van der Waals surface area contributed by atoms with Gasteiger partial charge in [0.15, 0.2) is 0 Å². The first-order chi connectivity index (χ1) is 20.2. The number of benzene rings is 3. The standard InChI is InChI=1S/C30H20N4O8/c35-26-22-21-12-13-30(16-6-2-1-3-7-16,24(22)28(37)31(26)17-8-4-10-19(14-17)33(39)40)25-23(21)27(36)32(29(25)38)18-9-5-11-20(15-18)34(41)42/h1-15,21-25H. The second-order valence-corrected chi connectivity index (χ2v) is 10.8. The van der Waals surface area contributed by atoms with Crippen LogP contribution < -0.4 is 9.80 Å². The first-order valence-electron chi connectivity index (χ1n) is 13.2. The van der Waals surface area contributed by atoms with E-state index in [4.69, 9.17) is 0 Å². The fraction of sp³-hybridized carbons (Fsp3) is 0.200. The van der Waals surface area contributed by atoms with Crippen molar-refractivity contribution in [2.24, 2.45) is 29.6 Å². The highest BCUT2D eigenvalue weighted by Crippen LogP contribution is 2.65. The zero-order chi connectivity index (χ0) is 29.5. The topological polar surface area (TPSA) is 161 Å². The molecule has 3 fully saturated rings. The minimum atomic E-state index is -1.39. The highest BCUT2D eigenvalue weighted by atomic mass is 16.6.